The molecule has 0 aliphatic carbocycles. The standard InChI is InChI=1S/C12H7BrCl2N4/c13-8-3-1-7(2-4-8)5-19-6-16-9-10(14)17-12(15)18-11(9)19/h1-4,6H,5H2. The van der Waals surface area contributed by atoms with Crippen LogP contribution < -0.4 is 0 Å². The largest absolute Gasteiger partial charge is 0.311 e. The molecule has 0 N–H and O–H groups in total. The van der Waals surface area contributed by atoms with Crippen molar-refractivity contribution in [1.82, 2.24) is 19.5 Å². The van der Waals surface area contributed by atoms with Gasteiger partial charge in [0.2, 0.25) is 5.28 Å². The number of benzene rings is 1. The third-order valence-corrected chi connectivity index (χ3v) is 3.62. The summed E-state index contributed by atoms with van der Waals surface area (Å²) in [5, 5.41) is 0.389. The quantitative estimate of drug-likeness (QED) is 0.515. The number of hydrogen-bond donors (Lipinski definition) is 0. The Morgan fingerprint density at radius 3 is 2.58 bits per heavy atom. The summed E-state index contributed by atoms with van der Waals surface area (Å²) in [4.78, 5) is 12.3. The topological polar surface area (TPSA) is 43.6 Å². The van der Waals surface area contributed by atoms with E-state index >= 15 is 0 Å². The van der Waals surface area contributed by atoms with E-state index < -0.39 is 0 Å². The predicted molar refractivity (Wildman–Crippen MR) is 78.6 cm³/mol. The zero-order valence-corrected chi connectivity index (χ0v) is 12.6. The van der Waals surface area contributed by atoms with Crippen molar-refractivity contribution in [2.24, 2.45) is 0 Å². The number of nitrogens with zero attached hydrogens (tertiary/aromatic N) is 4. The van der Waals surface area contributed by atoms with Crippen molar-refractivity contribution < 1.29 is 0 Å². The molecule has 0 bridgehead atoms. The number of imidazole rings is 1. The van der Waals surface area contributed by atoms with Crippen LogP contribution in [0, 0.1) is 0 Å². The maximum absolute atomic E-state index is 5.98. The van der Waals surface area contributed by atoms with Gasteiger partial charge in [-0.1, -0.05) is 39.7 Å². The molecule has 4 nitrogen and oxygen atoms in total. The second kappa shape index (κ2) is 5.07. The van der Waals surface area contributed by atoms with E-state index in [0.29, 0.717) is 17.7 Å². The third kappa shape index (κ3) is 2.59. The van der Waals surface area contributed by atoms with Crippen LogP contribution >= 0.6 is 39.1 Å². The second-order valence-corrected chi connectivity index (χ2v) is 5.57. The van der Waals surface area contributed by atoms with E-state index in [2.05, 4.69) is 30.9 Å². The number of fused-ring (bicyclic) bond motifs is 1. The normalized spacial score (nSPS) is 11.1. The molecule has 3 rings (SSSR count). The van der Waals surface area contributed by atoms with Gasteiger partial charge in [-0.25, -0.2) is 9.97 Å². The number of hydrogen-bond acceptors (Lipinski definition) is 3. The molecule has 0 saturated heterocycles. The van der Waals surface area contributed by atoms with Crippen molar-refractivity contribution in [3.8, 4) is 0 Å². The lowest BCUT2D eigenvalue weighted by Gasteiger charge is -2.04. The van der Waals surface area contributed by atoms with Crippen molar-refractivity contribution >= 4 is 50.3 Å². The molecule has 96 valence electrons. The fourth-order valence-corrected chi connectivity index (χ4v) is 2.47. The summed E-state index contributed by atoms with van der Waals surface area (Å²) < 4.78 is 2.93. The predicted octanol–water partition coefficient (Wildman–Crippen LogP) is 3.94. The van der Waals surface area contributed by atoms with Gasteiger partial charge in [-0.05, 0) is 29.3 Å². The summed E-state index contributed by atoms with van der Waals surface area (Å²) in [6, 6.07) is 8.04. The maximum Gasteiger partial charge on any atom is 0.225 e. The molecular weight excluding hydrogens is 351 g/mol. The van der Waals surface area contributed by atoms with E-state index in [1.54, 1.807) is 6.33 Å². The Labute approximate surface area is 127 Å². The van der Waals surface area contributed by atoms with Crippen LogP contribution in [-0.2, 0) is 6.54 Å². The highest BCUT2D eigenvalue weighted by atomic mass is 79.9. The highest BCUT2D eigenvalue weighted by Crippen LogP contribution is 2.21. The zero-order valence-electron chi connectivity index (χ0n) is 9.52. The summed E-state index contributed by atoms with van der Waals surface area (Å²) in [5.74, 6) is 0. The molecule has 7 heteroatoms. The Balaban J connectivity index is 2.03. The van der Waals surface area contributed by atoms with Crippen LogP contribution in [0.5, 0.6) is 0 Å². The second-order valence-electron chi connectivity index (χ2n) is 3.95. The van der Waals surface area contributed by atoms with Crippen LogP contribution in [0.4, 0.5) is 0 Å². The lowest BCUT2D eigenvalue weighted by Crippen LogP contribution is -1.99. The van der Waals surface area contributed by atoms with Gasteiger partial charge in [0.25, 0.3) is 0 Å². The summed E-state index contributed by atoms with van der Waals surface area (Å²) in [5.41, 5.74) is 2.32. The van der Waals surface area contributed by atoms with Crippen molar-refractivity contribution in [3.63, 3.8) is 0 Å². The van der Waals surface area contributed by atoms with E-state index in [4.69, 9.17) is 23.2 Å². The molecule has 2 aromatic heterocycles. The fraction of sp³-hybridized carbons (Fsp3) is 0.0833. The van der Waals surface area contributed by atoms with Gasteiger partial charge < -0.3 is 4.57 Å². The van der Waals surface area contributed by atoms with Crippen LogP contribution in [0.3, 0.4) is 0 Å². The first-order valence-electron chi connectivity index (χ1n) is 5.42. The highest BCUT2D eigenvalue weighted by Gasteiger charge is 2.11. The molecule has 2 heterocycles. The lowest BCUT2D eigenvalue weighted by molar-refractivity contribution is 0.813. The molecule has 1 aromatic carbocycles. The van der Waals surface area contributed by atoms with Gasteiger partial charge in [0, 0.05) is 4.47 Å². The minimum absolute atomic E-state index is 0.120. The summed E-state index contributed by atoms with van der Waals surface area (Å²) >= 11 is 15.2. The van der Waals surface area contributed by atoms with Crippen molar-refractivity contribution in [2.75, 3.05) is 0 Å². The monoisotopic (exact) mass is 356 g/mol. The van der Waals surface area contributed by atoms with E-state index in [0.717, 1.165) is 10.0 Å². The Morgan fingerprint density at radius 1 is 1.11 bits per heavy atom. The van der Waals surface area contributed by atoms with Crippen molar-refractivity contribution in [1.29, 1.82) is 0 Å². The molecular formula is C12H7BrCl2N4. The molecule has 19 heavy (non-hydrogen) atoms. The molecule has 0 saturated carbocycles. The van der Waals surface area contributed by atoms with Crippen LogP contribution in [0.25, 0.3) is 11.2 Å². The van der Waals surface area contributed by atoms with Crippen LogP contribution in [-0.4, -0.2) is 19.5 Å². The number of rotatable bonds is 2. The summed E-state index contributed by atoms with van der Waals surface area (Å²) in [6.07, 6.45) is 1.68. The number of halogens is 3. The average Bonchev–Trinajstić information content (AvgIpc) is 2.76. The van der Waals surface area contributed by atoms with Crippen LogP contribution in [0.2, 0.25) is 10.4 Å². The molecule has 0 unspecified atom stereocenters. The Bertz CT molecular complexity index is 739. The van der Waals surface area contributed by atoms with E-state index in [1.807, 2.05) is 28.8 Å². The van der Waals surface area contributed by atoms with Crippen LogP contribution in [0.1, 0.15) is 5.56 Å². The van der Waals surface area contributed by atoms with Gasteiger partial charge in [-0.15, -0.1) is 0 Å². The van der Waals surface area contributed by atoms with Gasteiger partial charge in [0.1, 0.15) is 5.52 Å². The molecule has 0 spiro atoms. The van der Waals surface area contributed by atoms with Crippen LogP contribution in [0.15, 0.2) is 35.1 Å². The van der Waals surface area contributed by atoms with Gasteiger partial charge in [0.15, 0.2) is 10.8 Å². The van der Waals surface area contributed by atoms with Gasteiger partial charge in [0.05, 0.1) is 12.9 Å². The summed E-state index contributed by atoms with van der Waals surface area (Å²) in [7, 11) is 0. The molecule has 0 fully saturated rings. The minimum Gasteiger partial charge on any atom is -0.311 e. The molecule has 0 aliphatic rings. The Morgan fingerprint density at radius 2 is 1.84 bits per heavy atom. The first-order chi connectivity index (χ1) is 9.13. The Kier molecular flexibility index (Phi) is 3.43. The molecule has 0 radical (unpaired) electrons. The van der Waals surface area contributed by atoms with E-state index in [-0.39, 0.29) is 10.4 Å². The van der Waals surface area contributed by atoms with Gasteiger partial charge in [-0.3, -0.25) is 0 Å². The lowest BCUT2D eigenvalue weighted by atomic mass is 10.2. The first kappa shape index (κ1) is 12.8. The highest BCUT2D eigenvalue weighted by molar-refractivity contribution is 9.10. The third-order valence-electron chi connectivity index (χ3n) is 2.66. The smallest absolute Gasteiger partial charge is 0.225 e. The van der Waals surface area contributed by atoms with Gasteiger partial charge in [-0.2, -0.15) is 4.98 Å². The first-order valence-corrected chi connectivity index (χ1v) is 6.97. The minimum atomic E-state index is 0.120. The molecule has 0 aliphatic heterocycles. The average molecular weight is 358 g/mol. The van der Waals surface area contributed by atoms with E-state index in [9.17, 15) is 0 Å². The Hall–Kier alpha value is -1.17. The molecule has 0 amide bonds. The van der Waals surface area contributed by atoms with Crippen molar-refractivity contribution in [2.45, 2.75) is 6.54 Å². The summed E-state index contributed by atoms with van der Waals surface area (Å²) in [6.45, 7) is 0.646. The fourth-order valence-electron chi connectivity index (χ4n) is 1.79. The molecule has 0 atom stereocenters. The van der Waals surface area contributed by atoms with Crippen molar-refractivity contribution in [3.05, 3.63) is 51.1 Å². The molecule has 3 aromatic rings. The van der Waals surface area contributed by atoms with Gasteiger partial charge >= 0.3 is 0 Å². The zero-order chi connectivity index (χ0) is 13.4. The SMILES string of the molecule is Clc1nc(Cl)c2ncn(Cc3ccc(Br)cc3)c2n1. The maximum atomic E-state index is 5.98. The van der Waals surface area contributed by atoms with E-state index in [1.165, 1.54) is 0 Å². The number of aromatic nitrogens is 4.